The molecule has 2 rings (SSSR count). The van der Waals surface area contributed by atoms with Gasteiger partial charge in [0.1, 0.15) is 5.75 Å². The highest BCUT2D eigenvalue weighted by molar-refractivity contribution is 5.40. The number of nitrogens with one attached hydrogen (secondary N) is 1. The van der Waals surface area contributed by atoms with Crippen molar-refractivity contribution < 1.29 is 10.2 Å². The second-order valence-electron chi connectivity index (χ2n) is 5.13. The average Bonchev–Trinajstić information content (AvgIpc) is 2.52. The molecule has 112 valence electrons. The van der Waals surface area contributed by atoms with Gasteiger partial charge in [-0.3, -0.25) is 4.98 Å². The van der Waals surface area contributed by atoms with Crippen molar-refractivity contribution in [2.24, 2.45) is 0 Å². The summed E-state index contributed by atoms with van der Waals surface area (Å²) in [6, 6.07) is 8.47. The number of aromatic nitrogens is 1. The Bertz CT molecular complexity index is 594. The molecule has 0 aliphatic heterocycles. The van der Waals surface area contributed by atoms with Gasteiger partial charge in [0.2, 0.25) is 0 Å². The van der Waals surface area contributed by atoms with Gasteiger partial charge in [0, 0.05) is 30.4 Å². The first-order valence-electron chi connectivity index (χ1n) is 7.21. The third kappa shape index (κ3) is 3.80. The van der Waals surface area contributed by atoms with Crippen molar-refractivity contribution in [1.29, 1.82) is 0 Å². The minimum atomic E-state index is -0.122. The van der Waals surface area contributed by atoms with Crippen LogP contribution >= 0.6 is 0 Å². The molecule has 4 nitrogen and oxygen atoms in total. The highest BCUT2D eigenvalue weighted by atomic mass is 16.3. The van der Waals surface area contributed by atoms with Gasteiger partial charge in [-0.2, -0.15) is 0 Å². The first-order chi connectivity index (χ1) is 10.2. The monoisotopic (exact) mass is 286 g/mol. The van der Waals surface area contributed by atoms with Crippen LogP contribution in [0.1, 0.15) is 34.9 Å². The topological polar surface area (TPSA) is 65.4 Å². The number of hydrogen-bond acceptors (Lipinski definition) is 4. The van der Waals surface area contributed by atoms with E-state index in [1.165, 1.54) is 11.1 Å². The SMILES string of the molecule is CCc1ccc(CNCc2c(CO)cnc(C)c2O)cc1. The summed E-state index contributed by atoms with van der Waals surface area (Å²) in [6.07, 6.45) is 2.65. The third-order valence-corrected chi connectivity index (χ3v) is 3.66. The zero-order valence-corrected chi connectivity index (χ0v) is 12.6. The number of benzene rings is 1. The number of aryl methyl sites for hydroxylation is 2. The molecule has 0 unspecified atom stereocenters. The van der Waals surface area contributed by atoms with Crippen molar-refractivity contribution in [3.05, 3.63) is 58.4 Å². The first-order valence-corrected chi connectivity index (χ1v) is 7.21. The van der Waals surface area contributed by atoms with E-state index in [1.54, 1.807) is 13.1 Å². The van der Waals surface area contributed by atoms with E-state index in [0.717, 1.165) is 18.5 Å². The molecular formula is C17H22N2O2. The van der Waals surface area contributed by atoms with Crippen LogP contribution in [-0.2, 0) is 26.1 Å². The highest BCUT2D eigenvalue weighted by Gasteiger charge is 2.10. The lowest BCUT2D eigenvalue weighted by Crippen LogP contribution is -2.15. The normalized spacial score (nSPS) is 10.8. The number of rotatable bonds is 6. The Morgan fingerprint density at radius 2 is 1.76 bits per heavy atom. The lowest BCUT2D eigenvalue weighted by Gasteiger charge is -2.12. The van der Waals surface area contributed by atoms with Crippen LogP contribution in [0.5, 0.6) is 5.75 Å². The molecule has 0 aliphatic rings. The van der Waals surface area contributed by atoms with E-state index in [-0.39, 0.29) is 12.4 Å². The molecule has 21 heavy (non-hydrogen) atoms. The number of aliphatic hydroxyl groups is 1. The van der Waals surface area contributed by atoms with Gasteiger partial charge < -0.3 is 15.5 Å². The number of aliphatic hydroxyl groups excluding tert-OH is 1. The Hall–Kier alpha value is -1.91. The largest absolute Gasteiger partial charge is 0.506 e. The lowest BCUT2D eigenvalue weighted by molar-refractivity contribution is 0.278. The minimum absolute atomic E-state index is 0.122. The van der Waals surface area contributed by atoms with Crippen molar-refractivity contribution >= 4 is 0 Å². The van der Waals surface area contributed by atoms with E-state index in [9.17, 15) is 10.2 Å². The molecule has 0 saturated heterocycles. The molecule has 1 aromatic carbocycles. The Labute approximate surface area is 125 Å². The zero-order chi connectivity index (χ0) is 15.2. The van der Waals surface area contributed by atoms with Crippen LogP contribution in [-0.4, -0.2) is 15.2 Å². The lowest BCUT2D eigenvalue weighted by atomic mass is 10.1. The summed E-state index contributed by atoms with van der Waals surface area (Å²) in [5.41, 5.74) is 4.48. The smallest absolute Gasteiger partial charge is 0.141 e. The van der Waals surface area contributed by atoms with Crippen LogP contribution in [0.25, 0.3) is 0 Å². The molecule has 0 saturated carbocycles. The van der Waals surface area contributed by atoms with Crippen LogP contribution < -0.4 is 5.32 Å². The summed E-state index contributed by atoms with van der Waals surface area (Å²) < 4.78 is 0. The van der Waals surface area contributed by atoms with Crippen LogP contribution in [0.15, 0.2) is 30.5 Å². The van der Waals surface area contributed by atoms with Gasteiger partial charge in [0.15, 0.2) is 0 Å². The maximum Gasteiger partial charge on any atom is 0.141 e. The van der Waals surface area contributed by atoms with Gasteiger partial charge in [-0.05, 0) is 24.5 Å². The maximum absolute atomic E-state index is 10.1. The van der Waals surface area contributed by atoms with Crippen LogP contribution in [0, 0.1) is 6.92 Å². The number of nitrogens with zero attached hydrogens (tertiary/aromatic N) is 1. The molecule has 0 atom stereocenters. The van der Waals surface area contributed by atoms with Crippen molar-refractivity contribution in [1.82, 2.24) is 10.3 Å². The summed E-state index contributed by atoms with van der Waals surface area (Å²) in [6.45, 7) is 4.99. The highest BCUT2D eigenvalue weighted by Crippen LogP contribution is 2.23. The quantitative estimate of drug-likeness (QED) is 0.763. The van der Waals surface area contributed by atoms with Gasteiger partial charge in [0.05, 0.1) is 12.3 Å². The molecule has 3 N–H and O–H groups in total. The third-order valence-electron chi connectivity index (χ3n) is 3.66. The number of hydrogen-bond donors (Lipinski definition) is 3. The van der Waals surface area contributed by atoms with Crippen LogP contribution in [0.3, 0.4) is 0 Å². The molecule has 0 aliphatic carbocycles. The molecule has 0 radical (unpaired) electrons. The molecule has 0 spiro atoms. The Morgan fingerprint density at radius 3 is 2.38 bits per heavy atom. The standard InChI is InChI=1S/C17H22N2O2/c1-3-13-4-6-14(7-5-13)8-18-10-16-15(11-20)9-19-12(2)17(16)21/h4-7,9,18,20-21H,3,8,10-11H2,1-2H3. The van der Waals surface area contributed by atoms with Crippen molar-refractivity contribution in [2.45, 2.75) is 40.0 Å². The second kappa shape index (κ2) is 7.20. The predicted octanol–water partition coefficient (Wildman–Crippen LogP) is 2.44. The van der Waals surface area contributed by atoms with E-state index in [0.29, 0.717) is 17.8 Å². The number of aromatic hydroxyl groups is 1. The van der Waals surface area contributed by atoms with Gasteiger partial charge >= 0.3 is 0 Å². The molecule has 1 heterocycles. The molecule has 1 aromatic heterocycles. The Balaban J connectivity index is 2.01. The van der Waals surface area contributed by atoms with Gasteiger partial charge in [-0.1, -0.05) is 31.2 Å². The minimum Gasteiger partial charge on any atom is -0.506 e. The fourth-order valence-electron chi connectivity index (χ4n) is 2.24. The van der Waals surface area contributed by atoms with E-state index in [4.69, 9.17) is 0 Å². The molecule has 2 aromatic rings. The van der Waals surface area contributed by atoms with Crippen LogP contribution in [0.2, 0.25) is 0 Å². The van der Waals surface area contributed by atoms with Crippen molar-refractivity contribution in [3.8, 4) is 5.75 Å². The van der Waals surface area contributed by atoms with E-state index >= 15 is 0 Å². The summed E-state index contributed by atoms with van der Waals surface area (Å²) in [5.74, 6) is 0.162. The molecule has 0 fully saturated rings. The Kier molecular flexibility index (Phi) is 5.31. The van der Waals surface area contributed by atoms with Gasteiger partial charge in [-0.25, -0.2) is 0 Å². The van der Waals surface area contributed by atoms with Crippen molar-refractivity contribution in [2.75, 3.05) is 0 Å². The first kappa shape index (κ1) is 15.5. The van der Waals surface area contributed by atoms with E-state index in [2.05, 4.69) is 41.5 Å². The van der Waals surface area contributed by atoms with Crippen molar-refractivity contribution in [3.63, 3.8) is 0 Å². The average molecular weight is 286 g/mol. The van der Waals surface area contributed by atoms with E-state index < -0.39 is 0 Å². The predicted molar refractivity (Wildman–Crippen MR) is 82.9 cm³/mol. The summed E-state index contributed by atoms with van der Waals surface area (Å²) in [7, 11) is 0. The Morgan fingerprint density at radius 1 is 1.10 bits per heavy atom. The zero-order valence-electron chi connectivity index (χ0n) is 12.6. The fourth-order valence-corrected chi connectivity index (χ4v) is 2.24. The number of pyridine rings is 1. The maximum atomic E-state index is 10.1. The fraction of sp³-hybridized carbons (Fsp3) is 0.353. The molecule has 0 bridgehead atoms. The van der Waals surface area contributed by atoms with Crippen LogP contribution in [0.4, 0.5) is 0 Å². The summed E-state index contributed by atoms with van der Waals surface area (Å²) in [4.78, 5) is 4.06. The second-order valence-corrected chi connectivity index (χ2v) is 5.13. The van der Waals surface area contributed by atoms with Gasteiger partial charge in [0.25, 0.3) is 0 Å². The molecule has 0 amide bonds. The van der Waals surface area contributed by atoms with E-state index in [1.807, 2.05) is 0 Å². The van der Waals surface area contributed by atoms with Gasteiger partial charge in [-0.15, -0.1) is 0 Å². The summed E-state index contributed by atoms with van der Waals surface area (Å²) >= 11 is 0. The molecule has 4 heteroatoms. The molecular weight excluding hydrogens is 264 g/mol. The summed E-state index contributed by atoms with van der Waals surface area (Å²) in [5, 5.41) is 22.7.